The molecule has 0 heterocycles. The van der Waals surface area contributed by atoms with Crippen LogP contribution >= 0.6 is 0 Å². The fraction of sp³-hybridized carbons (Fsp3) is 0.333. The molecule has 0 amide bonds. The molecule has 0 saturated carbocycles. The molecule has 0 aromatic heterocycles. The Balaban J connectivity index is 1.81. The first-order chi connectivity index (χ1) is 11.4. The van der Waals surface area contributed by atoms with Gasteiger partial charge in [0.25, 0.3) is 0 Å². The second-order valence-corrected chi connectivity index (χ2v) is 7.01. The molecule has 0 atom stereocenters. The Labute approximate surface area is 147 Å². The standard InChI is InChI=1S/C24H30/c1-17-11-13-23(15-21(17)5)19(3)9-7-8-10-20(4)24-14-12-18(2)22(6)16-24/h11-16H,3-4,7-10H2,1-2,5-6H3. The first-order valence-corrected chi connectivity index (χ1v) is 8.89. The minimum Gasteiger partial charge on any atom is -0.0952 e. The van der Waals surface area contributed by atoms with Crippen LogP contribution in [0.2, 0.25) is 0 Å². The van der Waals surface area contributed by atoms with Gasteiger partial charge < -0.3 is 0 Å². The fourth-order valence-electron chi connectivity index (χ4n) is 2.89. The van der Waals surface area contributed by atoms with E-state index in [1.165, 1.54) is 44.5 Å². The van der Waals surface area contributed by atoms with Crippen molar-refractivity contribution in [1.82, 2.24) is 0 Å². The smallest absolute Gasteiger partial charge is 0.0228 e. The summed E-state index contributed by atoms with van der Waals surface area (Å²) in [6.07, 6.45) is 4.44. The summed E-state index contributed by atoms with van der Waals surface area (Å²) in [5.74, 6) is 0. The summed E-state index contributed by atoms with van der Waals surface area (Å²) in [5, 5.41) is 0. The zero-order chi connectivity index (χ0) is 17.7. The molecule has 0 nitrogen and oxygen atoms in total. The summed E-state index contributed by atoms with van der Waals surface area (Å²) in [6, 6.07) is 13.3. The van der Waals surface area contributed by atoms with E-state index < -0.39 is 0 Å². The minimum atomic E-state index is 1.06. The number of hydrogen-bond donors (Lipinski definition) is 0. The molecule has 0 radical (unpaired) electrons. The highest BCUT2D eigenvalue weighted by Crippen LogP contribution is 2.25. The van der Waals surface area contributed by atoms with Gasteiger partial charge in [0.1, 0.15) is 0 Å². The molecule has 0 saturated heterocycles. The average Bonchev–Trinajstić information content (AvgIpc) is 2.56. The van der Waals surface area contributed by atoms with Crippen molar-refractivity contribution in [1.29, 1.82) is 0 Å². The molecule has 2 aromatic carbocycles. The van der Waals surface area contributed by atoms with Crippen LogP contribution in [0.1, 0.15) is 59.1 Å². The molecule has 0 aliphatic carbocycles. The van der Waals surface area contributed by atoms with Gasteiger partial charge >= 0.3 is 0 Å². The van der Waals surface area contributed by atoms with Gasteiger partial charge in [-0.2, -0.15) is 0 Å². The van der Waals surface area contributed by atoms with E-state index in [2.05, 4.69) is 77.3 Å². The molecule has 126 valence electrons. The second kappa shape index (κ2) is 8.15. The van der Waals surface area contributed by atoms with Crippen LogP contribution in [0.5, 0.6) is 0 Å². The van der Waals surface area contributed by atoms with E-state index in [1.807, 2.05) is 0 Å². The van der Waals surface area contributed by atoms with E-state index in [0.717, 1.165) is 25.7 Å². The van der Waals surface area contributed by atoms with E-state index in [9.17, 15) is 0 Å². The molecule has 2 aromatic rings. The third-order valence-electron chi connectivity index (χ3n) is 5.04. The van der Waals surface area contributed by atoms with Crippen LogP contribution < -0.4 is 0 Å². The lowest BCUT2D eigenvalue weighted by atomic mass is 9.95. The van der Waals surface area contributed by atoms with Crippen LogP contribution in [0.15, 0.2) is 49.6 Å². The lowest BCUT2D eigenvalue weighted by Gasteiger charge is -2.10. The Hall–Kier alpha value is -2.08. The Kier molecular flexibility index (Phi) is 6.20. The van der Waals surface area contributed by atoms with E-state index in [4.69, 9.17) is 0 Å². The van der Waals surface area contributed by atoms with Gasteiger partial charge in [-0.05, 0) is 97.9 Å². The number of aryl methyl sites for hydroxylation is 4. The van der Waals surface area contributed by atoms with Crippen molar-refractivity contribution in [2.24, 2.45) is 0 Å². The third-order valence-corrected chi connectivity index (χ3v) is 5.04. The summed E-state index contributed by atoms with van der Waals surface area (Å²) in [4.78, 5) is 0. The summed E-state index contributed by atoms with van der Waals surface area (Å²) >= 11 is 0. The Morgan fingerprint density at radius 2 is 1.00 bits per heavy atom. The maximum absolute atomic E-state index is 4.27. The highest BCUT2D eigenvalue weighted by molar-refractivity contribution is 5.65. The Morgan fingerprint density at radius 1 is 0.625 bits per heavy atom. The van der Waals surface area contributed by atoms with Crippen molar-refractivity contribution < 1.29 is 0 Å². The second-order valence-electron chi connectivity index (χ2n) is 7.01. The minimum absolute atomic E-state index is 1.06. The molecular weight excluding hydrogens is 288 g/mol. The monoisotopic (exact) mass is 318 g/mol. The van der Waals surface area contributed by atoms with Crippen LogP contribution in [0.3, 0.4) is 0 Å². The van der Waals surface area contributed by atoms with Crippen molar-refractivity contribution >= 4 is 11.1 Å². The van der Waals surface area contributed by atoms with Gasteiger partial charge in [-0.15, -0.1) is 0 Å². The predicted molar refractivity (Wildman–Crippen MR) is 108 cm³/mol. The largest absolute Gasteiger partial charge is 0.0952 e. The van der Waals surface area contributed by atoms with E-state index >= 15 is 0 Å². The number of unbranched alkanes of at least 4 members (excludes halogenated alkanes) is 1. The number of allylic oxidation sites excluding steroid dienone is 2. The van der Waals surface area contributed by atoms with Crippen LogP contribution in [0, 0.1) is 27.7 Å². The number of hydrogen-bond acceptors (Lipinski definition) is 0. The van der Waals surface area contributed by atoms with E-state index in [-0.39, 0.29) is 0 Å². The van der Waals surface area contributed by atoms with Crippen molar-refractivity contribution in [3.05, 3.63) is 82.9 Å². The molecular formula is C24H30. The van der Waals surface area contributed by atoms with Gasteiger partial charge in [-0.25, -0.2) is 0 Å². The fourth-order valence-corrected chi connectivity index (χ4v) is 2.89. The number of benzene rings is 2. The van der Waals surface area contributed by atoms with Crippen LogP contribution in [0.4, 0.5) is 0 Å². The van der Waals surface area contributed by atoms with Gasteiger partial charge in [0, 0.05) is 0 Å². The maximum Gasteiger partial charge on any atom is -0.0228 e. The molecule has 0 unspecified atom stereocenters. The molecule has 0 N–H and O–H groups in total. The van der Waals surface area contributed by atoms with Crippen molar-refractivity contribution in [3.63, 3.8) is 0 Å². The summed E-state index contributed by atoms with van der Waals surface area (Å²) in [5.41, 5.74) is 10.4. The molecule has 2 rings (SSSR count). The SMILES string of the molecule is C=C(CCCCC(=C)c1ccc(C)c(C)c1)c1ccc(C)c(C)c1. The van der Waals surface area contributed by atoms with Gasteiger partial charge in [0.2, 0.25) is 0 Å². The Bertz CT molecular complexity index is 681. The lowest BCUT2D eigenvalue weighted by molar-refractivity contribution is 0.778. The first-order valence-electron chi connectivity index (χ1n) is 8.89. The Morgan fingerprint density at radius 3 is 1.33 bits per heavy atom. The summed E-state index contributed by atoms with van der Waals surface area (Å²) in [6.45, 7) is 17.2. The van der Waals surface area contributed by atoms with Crippen LogP contribution in [0.25, 0.3) is 11.1 Å². The van der Waals surface area contributed by atoms with Gasteiger partial charge in [-0.1, -0.05) is 49.6 Å². The summed E-state index contributed by atoms with van der Waals surface area (Å²) in [7, 11) is 0. The molecule has 0 bridgehead atoms. The molecule has 0 fully saturated rings. The topological polar surface area (TPSA) is 0 Å². The van der Waals surface area contributed by atoms with Crippen LogP contribution in [-0.2, 0) is 0 Å². The molecule has 0 aliphatic heterocycles. The van der Waals surface area contributed by atoms with Gasteiger partial charge in [0.15, 0.2) is 0 Å². The zero-order valence-electron chi connectivity index (χ0n) is 15.7. The average molecular weight is 319 g/mol. The molecule has 0 spiro atoms. The van der Waals surface area contributed by atoms with Crippen molar-refractivity contribution in [2.75, 3.05) is 0 Å². The third kappa shape index (κ3) is 4.71. The zero-order valence-corrected chi connectivity index (χ0v) is 15.7. The molecule has 24 heavy (non-hydrogen) atoms. The predicted octanol–water partition coefficient (Wildman–Crippen LogP) is 7.21. The summed E-state index contributed by atoms with van der Waals surface area (Å²) < 4.78 is 0. The van der Waals surface area contributed by atoms with E-state index in [1.54, 1.807) is 0 Å². The van der Waals surface area contributed by atoms with Crippen molar-refractivity contribution in [2.45, 2.75) is 53.4 Å². The molecule has 0 aliphatic rings. The maximum atomic E-state index is 4.27. The quantitative estimate of drug-likeness (QED) is 0.473. The van der Waals surface area contributed by atoms with Gasteiger partial charge in [-0.3, -0.25) is 0 Å². The lowest BCUT2D eigenvalue weighted by Crippen LogP contribution is -1.90. The number of rotatable bonds is 7. The van der Waals surface area contributed by atoms with Crippen molar-refractivity contribution in [3.8, 4) is 0 Å². The highest BCUT2D eigenvalue weighted by Gasteiger charge is 2.04. The van der Waals surface area contributed by atoms with Gasteiger partial charge in [0.05, 0.1) is 0 Å². The van der Waals surface area contributed by atoms with Crippen LogP contribution in [-0.4, -0.2) is 0 Å². The molecule has 0 heteroatoms. The van der Waals surface area contributed by atoms with E-state index in [0.29, 0.717) is 0 Å². The highest BCUT2D eigenvalue weighted by atomic mass is 14.1. The first kappa shape index (κ1) is 18.3. The normalized spacial score (nSPS) is 10.7.